The highest BCUT2D eigenvalue weighted by atomic mass is 35.5. The van der Waals surface area contributed by atoms with Crippen LogP contribution in [0, 0.1) is 5.92 Å². The zero-order valence-electron chi connectivity index (χ0n) is 26.5. The second kappa shape index (κ2) is 14.0. The fourth-order valence-electron chi connectivity index (χ4n) is 6.30. The summed E-state index contributed by atoms with van der Waals surface area (Å²) in [6.07, 6.45) is 3.36. The maximum atomic E-state index is 14.2. The number of rotatable bonds is 11. The Morgan fingerprint density at radius 2 is 1.73 bits per heavy atom. The largest absolute Gasteiger partial charge is 0.482 e. The molecule has 0 bridgehead atoms. The lowest BCUT2D eigenvalue weighted by Crippen LogP contribution is -2.44. The molecule has 10 heteroatoms. The van der Waals surface area contributed by atoms with Crippen LogP contribution in [0.2, 0.25) is 5.02 Å². The minimum atomic E-state index is -1.94. The van der Waals surface area contributed by atoms with E-state index < -0.39 is 17.4 Å². The summed E-state index contributed by atoms with van der Waals surface area (Å²) < 4.78 is 5.60. The number of hydrogen-bond acceptors (Lipinski definition) is 6. The molecule has 6 rings (SSSR count). The molecule has 0 fully saturated rings. The van der Waals surface area contributed by atoms with Crippen molar-refractivity contribution >= 4 is 46.4 Å². The molecule has 0 aromatic heterocycles. The number of hydrogen-bond donors (Lipinski definition) is 2. The van der Waals surface area contributed by atoms with E-state index in [0.29, 0.717) is 39.9 Å². The van der Waals surface area contributed by atoms with Crippen molar-refractivity contribution in [3.05, 3.63) is 131 Å². The van der Waals surface area contributed by atoms with Crippen LogP contribution in [0.1, 0.15) is 30.0 Å². The van der Waals surface area contributed by atoms with Crippen molar-refractivity contribution in [1.82, 2.24) is 4.90 Å². The summed E-state index contributed by atoms with van der Waals surface area (Å²) in [5, 5.41) is 22.0. The predicted molar refractivity (Wildman–Crippen MR) is 184 cm³/mol. The van der Waals surface area contributed by atoms with E-state index in [1.54, 1.807) is 47.1 Å². The SMILES string of the molecule is C[C@H](/C=C/CC(=O)N(CCO)Cc1ccccc1)[C@@]1(O)C(=O)N(Cc2cccc(N3C(=O)COc4ccccc43)c2)c2ccc(Cl)cc21. The third-order valence-electron chi connectivity index (χ3n) is 8.76. The van der Waals surface area contributed by atoms with Crippen LogP contribution < -0.4 is 14.5 Å². The van der Waals surface area contributed by atoms with E-state index in [1.807, 2.05) is 78.9 Å². The van der Waals surface area contributed by atoms with Gasteiger partial charge in [-0.3, -0.25) is 19.3 Å². The summed E-state index contributed by atoms with van der Waals surface area (Å²) in [5.41, 5.74) is 1.93. The van der Waals surface area contributed by atoms with E-state index in [-0.39, 0.29) is 44.5 Å². The Hall–Kier alpha value is -4.96. The first-order valence-corrected chi connectivity index (χ1v) is 16.2. The van der Waals surface area contributed by atoms with Gasteiger partial charge in [0.1, 0.15) is 5.75 Å². The van der Waals surface area contributed by atoms with Gasteiger partial charge in [-0.1, -0.05) is 85.3 Å². The summed E-state index contributed by atoms with van der Waals surface area (Å²) in [5.74, 6) is -1.03. The van der Waals surface area contributed by atoms with Crippen LogP contribution in [0.3, 0.4) is 0 Å². The van der Waals surface area contributed by atoms with Gasteiger partial charge in [0.15, 0.2) is 12.2 Å². The molecular weight excluding hydrogens is 630 g/mol. The molecule has 0 aliphatic carbocycles. The van der Waals surface area contributed by atoms with Gasteiger partial charge in [-0.2, -0.15) is 0 Å². The maximum Gasteiger partial charge on any atom is 0.269 e. The Bertz CT molecular complexity index is 1860. The number of amides is 3. The standard InChI is InChI=1S/C38H36ClN3O6/c1-26(9-7-16-35(44)40(19-20-43)23-27-10-3-2-4-11-27)38(47)31-22-29(39)17-18-32(31)41(37(38)46)24-28-12-8-13-30(21-28)42-33-14-5-6-15-34(33)48-25-36(42)45/h2-15,17-18,21-22,26,43,47H,16,19-20,23-25H2,1H3/b9-7+/t26-,38+/m1/s1. The number of carbonyl (C=O) groups is 3. The van der Waals surface area contributed by atoms with Gasteiger partial charge in [0.05, 0.1) is 24.5 Å². The number of para-hydroxylation sites is 2. The number of nitrogens with zero attached hydrogens (tertiary/aromatic N) is 3. The highest BCUT2D eigenvalue weighted by Crippen LogP contribution is 2.47. The number of fused-ring (bicyclic) bond motifs is 2. The molecule has 4 aromatic rings. The highest BCUT2D eigenvalue weighted by Gasteiger charge is 2.52. The van der Waals surface area contributed by atoms with E-state index in [2.05, 4.69) is 0 Å². The molecule has 0 spiro atoms. The molecule has 2 N–H and O–H groups in total. The first kappa shape index (κ1) is 33.0. The quantitative estimate of drug-likeness (QED) is 0.198. The number of halogens is 1. The number of aliphatic hydroxyl groups is 2. The second-order valence-electron chi connectivity index (χ2n) is 11.9. The molecule has 9 nitrogen and oxygen atoms in total. The zero-order chi connectivity index (χ0) is 33.8. The Morgan fingerprint density at radius 1 is 0.979 bits per heavy atom. The molecule has 0 saturated heterocycles. The van der Waals surface area contributed by atoms with Crippen LogP contribution in [0.25, 0.3) is 0 Å². The van der Waals surface area contributed by atoms with Gasteiger partial charge < -0.3 is 24.7 Å². The van der Waals surface area contributed by atoms with Gasteiger partial charge in [0.2, 0.25) is 5.91 Å². The van der Waals surface area contributed by atoms with E-state index in [0.717, 1.165) is 11.1 Å². The third kappa shape index (κ3) is 6.44. The molecule has 2 aliphatic heterocycles. The average Bonchev–Trinajstić information content (AvgIpc) is 3.30. The molecule has 2 heterocycles. The van der Waals surface area contributed by atoms with Crippen LogP contribution in [0.4, 0.5) is 17.1 Å². The third-order valence-corrected chi connectivity index (χ3v) is 9.00. The molecule has 0 saturated carbocycles. The number of aliphatic hydroxyl groups excluding tert-OH is 1. The van der Waals surface area contributed by atoms with Crippen molar-refractivity contribution in [2.24, 2.45) is 5.92 Å². The Kier molecular flexibility index (Phi) is 9.63. The lowest BCUT2D eigenvalue weighted by molar-refractivity contribution is -0.139. The summed E-state index contributed by atoms with van der Waals surface area (Å²) in [6, 6.07) is 29.2. The minimum Gasteiger partial charge on any atom is -0.482 e. The van der Waals surface area contributed by atoms with Crippen molar-refractivity contribution in [3.63, 3.8) is 0 Å². The molecular formula is C38H36ClN3O6. The highest BCUT2D eigenvalue weighted by molar-refractivity contribution is 6.31. The molecule has 2 atom stereocenters. The van der Waals surface area contributed by atoms with Crippen molar-refractivity contribution in [3.8, 4) is 5.75 Å². The number of carbonyl (C=O) groups excluding carboxylic acids is 3. The van der Waals surface area contributed by atoms with Crippen molar-refractivity contribution in [2.75, 3.05) is 29.6 Å². The van der Waals surface area contributed by atoms with Gasteiger partial charge in [-0.05, 0) is 53.6 Å². The normalized spacial score (nSPS) is 17.7. The van der Waals surface area contributed by atoms with E-state index >= 15 is 0 Å². The van der Waals surface area contributed by atoms with Gasteiger partial charge in [0, 0.05) is 41.7 Å². The number of anilines is 3. The van der Waals surface area contributed by atoms with E-state index in [9.17, 15) is 24.6 Å². The predicted octanol–water partition coefficient (Wildman–Crippen LogP) is 5.74. The molecule has 3 amide bonds. The van der Waals surface area contributed by atoms with Crippen LogP contribution in [-0.4, -0.2) is 52.6 Å². The Morgan fingerprint density at radius 3 is 2.52 bits per heavy atom. The van der Waals surface area contributed by atoms with E-state index in [4.69, 9.17) is 16.3 Å². The number of benzene rings is 4. The minimum absolute atomic E-state index is 0.0315. The van der Waals surface area contributed by atoms with Gasteiger partial charge in [0.25, 0.3) is 11.8 Å². The molecule has 4 aromatic carbocycles. The smallest absolute Gasteiger partial charge is 0.269 e. The lowest BCUT2D eigenvalue weighted by Gasteiger charge is -2.30. The first-order valence-electron chi connectivity index (χ1n) is 15.8. The van der Waals surface area contributed by atoms with Crippen LogP contribution >= 0.6 is 11.6 Å². The summed E-state index contributed by atoms with van der Waals surface area (Å²) in [6.45, 7) is 2.16. The maximum absolute atomic E-state index is 14.2. The molecule has 48 heavy (non-hydrogen) atoms. The second-order valence-corrected chi connectivity index (χ2v) is 12.4. The Labute approximate surface area is 284 Å². The van der Waals surface area contributed by atoms with E-state index in [1.165, 1.54) is 4.90 Å². The number of ether oxygens (including phenoxy) is 1. The van der Waals surface area contributed by atoms with Gasteiger partial charge in [-0.25, -0.2) is 0 Å². The Balaban J connectivity index is 1.22. The van der Waals surface area contributed by atoms with Gasteiger partial charge in [-0.15, -0.1) is 0 Å². The van der Waals surface area contributed by atoms with Crippen molar-refractivity contribution < 1.29 is 29.3 Å². The van der Waals surface area contributed by atoms with Gasteiger partial charge >= 0.3 is 0 Å². The van der Waals surface area contributed by atoms with Crippen LogP contribution in [-0.2, 0) is 33.1 Å². The monoisotopic (exact) mass is 665 g/mol. The zero-order valence-corrected chi connectivity index (χ0v) is 27.2. The average molecular weight is 666 g/mol. The fourth-order valence-corrected chi connectivity index (χ4v) is 6.47. The lowest BCUT2D eigenvalue weighted by atomic mass is 9.83. The molecule has 0 unspecified atom stereocenters. The fraction of sp³-hybridized carbons (Fsp3) is 0.237. The first-order chi connectivity index (χ1) is 23.2. The van der Waals surface area contributed by atoms with Crippen molar-refractivity contribution in [1.29, 1.82) is 0 Å². The van der Waals surface area contributed by atoms with Crippen LogP contribution in [0.5, 0.6) is 5.75 Å². The summed E-state index contributed by atoms with van der Waals surface area (Å²) in [4.78, 5) is 44.9. The van der Waals surface area contributed by atoms with Crippen LogP contribution in [0.15, 0.2) is 109 Å². The molecule has 2 aliphatic rings. The molecule has 0 radical (unpaired) electrons. The summed E-state index contributed by atoms with van der Waals surface area (Å²) >= 11 is 6.37. The van der Waals surface area contributed by atoms with Crippen molar-refractivity contribution in [2.45, 2.75) is 32.0 Å². The topological polar surface area (TPSA) is 111 Å². The molecule has 246 valence electrons. The summed E-state index contributed by atoms with van der Waals surface area (Å²) in [7, 11) is 0.